The van der Waals surface area contributed by atoms with Gasteiger partial charge in [0, 0.05) is 16.6 Å². The molecule has 0 aromatic heterocycles. The molecule has 1 rings (SSSR count). The van der Waals surface area contributed by atoms with E-state index in [2.05, 4.69) is 10.4 Å². The number of nitrogens with one attached hydrogen (secondary N) is 1. The van der Waals surface area contributed by atoms with Crippen LogP contribution in [0.25, 0.3) is 0 Å². The molecular formula is C11H16ClN3. The van der Waals surface area contributed by atoms with E-state index in [1.165, 1.54) is 0 Å². The van der Waals surface area contributed by atoms with Crippen LogP contribution in [0.15, 0.2) is 23.2 Å². The van der Waals surface area contributed by atoms with Gasteiger partial charge in [0.15, 0.2) is 0 Å². The van der Waals surface area contributed by atoms with Gasteiger partial charge in [0.2, 0.25) is 0 Å². The molecule has 0 aliphatic rings. The third-order valence-electron chi connectivity index (χ3n) is 2.05. The lowest BCUT2D eigenvalue weighted by molar-refractivity contribution is 0.820. The first-order valence-corrected chi connectivity index (χ1v) is 5.24. The number of halogens is 1. The summed E-state index contributed by atoms with van der Waals surface area (Å²) < 4.78 is 0. The molecule has 0 heterocycles. The van der Waals surface area contributed by atoms with E-state index >= 15 is 0 Å². The largest absolute Gasteiger partial charge is 0.308 e. The maximum atomic E-state index is 6.03. The lowest BCUT2D eigenvalue weighted by atomic mass is 10.1. The van der Waals surface area contributed by atoms with E-state index in [9.17, 15) is 0 Å². The summed E-state index contributed by atoms with van der Waals surface area (Å²) in [6, 6.07) is 5.87. The minimum absolute atomic E-state index is 0.189. The number of amidine groups is 1. The molecule has 82 valence electrons. The van der Waals surface area contributed by atoms with Gasteiger partial charge in [-0.3, -0.25) is 4.99 Å². The molecule has 1 aromatic rings. The van der Waals surface area contributed by atoms with Crippen molar-refractivity contribution in [3.8, 4) is 0 Å². The maximum absolute atomic E-state index is 6.03. The fraction of sp³-hybridized carbons (Fsp3) is 0.364. The van der Waals surface area contributed by atoms with E-state index in [1.54, 1.807) is 0 Å². The number of aliphatic imine (C=N–C) groups is 1. The minimum Gasteiger partial charge on any atom is -0.308 e. The topological polar surface area (TPSA) is 50.4 Å². The number of rotatable bonds is 2. The smallest absolute Gasteiger partial charge is 0.143 e. The zero-order valence-electron chi connectivity index (χ0n) is 9.21. The van der Waals surface area contributed by atoms with Gasteiger partial charge < -0.3 is 5.43 Å². The Kier molecular flexibility index (Phi) is 4.12. The van der Waals surface area contributed by atoms with E-state index in [1.807, 2.05) is 39.0 Å². The van der Waals surface area contributed by atoms with E-state index in [4.69, 9.17) is 17.4 Å². The van der Waals surface area contributed by atoms with E-state index in [-0.39, 0.29) is 6.04 Å². The molecule has 15 heavy (non-hydrogen) atoms. The Bertz CT molecular complexity index is 372. The summed E-state index contributed by atoms with van der Waals surface area (Å²) in [6.45, 7) is 5.94. The Hall–Kier alpha value is -1.06. The fourth-order valence-electron chi connectivity index (χ4n) is 1.31. The van der Waals surface area contributed by atoms with Crippen LogP contribution in [0.5, 0.6) is 0 Å². The van der Waals surface area contributed by atoms with Crippen LogP contribution in [-0.2, 0) is 0 Å². The van der Waals surface area contributed by atoms with Gasteiger partial charge in [-0.05, 0) is 32.4 Å². The average molecular weight is 226 g/mol. The summed E-state index contributed by atoms with van der Waals surface area (Å²) in [7, 11) is 0. The van der Waals surface area contributed by atoms with Gasteiger partial charge in [-0.15, -0.1) is 0 Å². The van der Waals surface area contributed by atoms with Crippen LogP contribution in [0.1, 0.15) is 25.0 Å². The summed E-state index contributed by atoms with van der Waals surface area (Å²) in [5.41, 5.74) is 4.54. The Morgan fingerprint density at radius 2 is 2.13 bits per heavy atom. The van der Waals surface area contributed by atoms with Gasteiger partial charge in [-0.1, -0.05) is 23.7 Å². The summed E-state index contributed by atoms with van der Waals surface area (Å²) in [6.07, 6.45) is 0. The highest BCUT2D eigenvalue weighted by Crippen LogP contribution is 2.18. The van der Waals surface area contributed by atoms with Crippen LogP contribution >= 0.6 is 11.6 Å². The van der Waals surface area contributed by atoms with Crippen molar-refractivity contribution in [1.29, 1.82) is 0 Å². The molecule has 0 saturated heterocycles. The SMILES string of the molecule is Cc1c(Cl)cccc1C(=NC(C)C)NN. The Morgan fingerprint density at radius 1 is 1.47 bits per heavy atom. The molecule has 0 fully saturated rings. The summed E-state index contributed by atoms with van der Waals surface area (Å²) >= 11 is 6.03. The standard InChI is InChI=1S/C11H16ClN3/c1-7(2)14-11(15-13)9-5-4-6-10(12)8(9)3/h4-7H,13H2,1-3H3,(H,14,15). The number of benzene rings is 1. The number of nitrogens with two attached hydrogens (primary N) is 1. The molecule has 4 heteroatoms. The average Bonchev–Trinajstić information content (AvgIpc) is 2.19. The van der Waals surface area contributed by atoms with Crippen molar-refractivity contribution >= 4 is 17.4 Å². The molecular weight excluding hydrogens is 210 g/mol. The highest BCUT2D eigenvalue weighted by atomic mass is 35.5. The maximum Gasteiger partial charge on any atom is 0.143 e. The Morgan fingerprint density at radius 3 is 2.67 bits per heavy atom. The number of hydrogen-bond acceptors (Lipinski definition) is 2. The predicted molar refractivity (Wildman–Crippen MR) is 65.2 cm³/mol. The van der Waals surface area contributed by atoms with Crippen molar-refractivity contribution < 1.29 is 0 Å². The Balaban J connectivity index is 3.19. The molecule has 0 aliphatic carbocycles. The number of hydrogen-bond donors (Lipinski definition) is 2. The fourth-order valence-corrected chi connectivity index (χ4v) is 1.48. The van der Waals surface area contributed by atoms with Gasteiger partial charge in [-0.25, -0.2) is 5.84 Å². The highest BCUT2D eigenvalue weighted by molar-refractivity contribution is 6.31. The first-order valence-electron chi connectivity index (χ1n) is 4.86. The van der Waals surface area contributed by atoms with Gasteiger partial charge >= 0.3 is 0 Å². The van der Waals surface area contributed by atoms with E-state index < -0.39 is 0 Å². The van der Waals surface area contributed by atoms with E-state index in [0.717, 1.165) is 16.1 Å². The van der Waals surface area contributed by atoms with Crippen LogP contribution in [0.2, 0.25) is 5.02 Å². The van der Waals surface area contributed by atoms with Crippen LogP contribution < -0.4 is 11.3 Å². The van der Waals surface area contributed by atoms with Crippen molar-refractivity contribution in [3.63, 3.8) is 0 Å². The zero-order valence-corrected chi connectivity index (χ0v) is 9.97. The molecule has 0 saturated carbocycles. The molecule has 3 nitrogen and oxygen atoms in total. The highest BCUT2D eigenvalue weighted by Gasteiger charge is 2.08. The lowest BCUT2D eigenvalue weighted by Gasteiger charge is -2.11. The zero-order chi connectivity index (χ0) is 11.4. The van der Waals surface area contributed by atoms with Crippen molar-refractivity contribution in [1.82, 2.24) is 5.43 Å². The van der Waals surface area contributed by atoms with Crippen molar-refractivity contribution in [2.75, 3.05) is 0 Å². The molecule has 0 radical (unpaired) electrons. The summed E-state index contributed by atoms with van der Waals surface area (Å²) in [4.78, 5) is 4.39. The van der Waals surface area contributed by atoms with Gasteiger partial charge in [-0.2, -0.15) is 0 Å². The van der Waals surface area contributed by atoms with Crippen molar-refractivity contribution in [3.05, 3.63) is 34.3 Å². The first-order chi connectivity index (χ1) is 7.06. The van der Waals surface area contributed by atoms with Crippen LogP contribution in [0.4, 0.5) is 0 Å². The molecule has 0 atom stereocenters. The molecule has 1 aromatic carbocycles. The first kappa shape index (κ1) is 12.0. The normalized spacial score (nSPS) is 12.0. The number of nitrogens with zero attached hydrogens (tertiary/aromatic N) is 1. The molecule has 0 aliphatic heterocycles. The molecule has 0 spiro atoms. The molecule has 3 N–H and O–H groups in total. The summed E-state index contributed by atoms with van der Waals surface area (Å²) in [5, 5.41) is 0.721. The third-order valence-corrected chi connectivity index (χ3v) is 2.46. The Labute approximate surface area is 95.3 Å². The van der Waals surface area contributed by atoms with Crippen molar-refractivity contribution in [2.24, 2.45) is 10.8 Å². The number of hydrazine groups is 1. The van der Waals surface area contributed by atoms with Gasteiger partial charge in [0.25, 0.3) is 0 Å². The summed E-state index contributed by atoms with van der Waals surface area (Å²) in [5.74, 6) is 6.12. The molecule has 0 amide bonds. The second-order valence-electron chi connectivity index (χ2n) is 3.63. The molecule has 0 bridgehead atoms. The van der Waals surface area contributed by atoms with Crippen LogP contribution in [0, 0.1) is 6.92 Å². The monoisotopic (exact) mass is 225 g/mol. The quantitative estimate of drug-likeness (QED) is 0.351. The minimum atomic E-state index is 0.189. The predicted octanol–water partition coefficient (Wildman–Crippen LogP) is 2.27. The van der Waals surface area contributed by atoms with Crippen LogP contribution in [0.3, 0.4) is 0 Å². The molecule has 0 unspecified atom stereocenters. The van der Waals surface area contributed by atoms with Gasteiger partial charge in [0.05, 0.1) is 0 Å². The van der Waals surface area contributed by atoms with Crippen LogP contribution in [-0.4, -0.2) is 11.9 Å². The lowest BCUT2D eigenvalue weighted by Crippen LogP contribution is -2.32. The van der Waals surface area contributed by atoms with Crippen molar-refractivity contribution in [2.45, 2.75) is 26.8 Å². The van der Waals surface area contributed by atoms with Gasteiger partial charge in [0.1, 0.15) is 5.84 Å². The van der Waals surface area contributed by atoms with E-state index in [0.29, 0.717) is 5.84 Å². The second kappa shape index (κ2) is 5.14. The second-order valence-corrected chi connectivity index (χ2v) is 4.04. The third kappa shape index (κ3) is 2.94.